The summed E-state index contributed by atoms with van der Waals surface area (Å²) in [6.07, 6.45) is 0. The van der Waals surface area contributed by atoms with E-state index in [9.17, 15) is 9.59 Å². The zero-order valence-electron chi connectivity index (χ0n) is 14.6. The summed E-state index contributed by atoms with van der Waals surface area (Å²) >= 11 is 1.38. The second-order valence-electron chi connectivity index (χ2n) is 6.14. The van der Waals surface area contributed by atoms with Gasteiger partial charge in [0.2, 0.25) is 5.91 Å². The van der Waals surface area contributed by atoms with Crippen LogP contribution in [0.25, 0.3) is 15.8 Å². The van der Waals surface area contributed by atoms with Gasteiger partial charge in [-0.1, -0.05) is 42.5 Å². The van der Waals surface area contributed by atoms with Gasteiger partial charge in [-0.3, -0.25) is 4.79 Å². The minimum absolute atomic E-state index is 0.181. The molecule has 8 heteroatoms. The van der Waals surface area contributed by atoms with E-state index in [1.54, 1.807) is 6.07 Å². The first-order valence-corrected chi connectivity index (χ1v) is 9.35. The smallest absolute Gasteiger partial charge is 0.348 e. The number of benzene rings is 2. The molecule has 4 aromatic rings. The van der Waals surface area contributed by atoms with Crippen LogP contribution in [0.2, 0.25) is 0 Å². The molecule has 0 fully saturated rings. The van der Waals surface area contributed by atoms with Crippen molar-refractivity contribution < 1.29 is 4.79 Å². The summed E-state index contributed by atoms with van der Waals surface area (Å²) in [6.45, 7) is 1.74. The molecule has 0 bridgehead atoms. The zero-order valence-corrected chi connectivity index (χ0v) is 15.4. The second kappa shape index (κ2) is 7.16. The lowest BCUT2D eigenvalue weighted by molar-refractivity contribution is -0.122. The molecule has 0 saturated heterocycles. The van der Waals surface area contributed by atoms with Crippen molar-refractivity contribution in [2.24, 2.45) is 0 Å². The second-order valence-corrected chi connectivity index (χ2v) is 7.07. The van der Waals surface area contributed by atoms with Gasteiger partial charge in [0.05, 0.1) is 6.04 Å². The van der Waals surface area contributed by atoms with E-state index in [1.807, 2.05) is 60.8 Å². The summed E-state index contributed by atoms with van der Waals surface area (Å²) < 4.78 is 2.25. The van der Waals surface area contributed by atoms with Gasteiger partial charge in [-0.2, -0.15) is 9.36 Å². The molecule has 0 radical (unpaired) electrons. The van der Waals surface area contributed by atoms with Crippen LogP contribution in [0.1, 0.15) is 18.5 Å². The third kappa shape index (κ3) is 3.39. The molecular formula is C19H17N5O2S. The van der Waals surface area contributed by atoms with Crippen LogP contribution in [0.15, 0.2) is 64.8 Å². The maximum atomic E-state index is 12.4. The Morgan fingerprint density at radius 3 is 2.74 bits per heavy atom. The number of aromatic nitrogens is 4. The zero-order chi connectivity index (χ0) is 18.8. The summed E-state index contributed by atoms with van der Waals surface area (Å²) in [7, 11) is 0. The number of carbonyl (C=O) groups is 1. The number of amides is 1. The summed E-state index contributed by atoms with van der Waals surface area (Å²) in [6, 6.07) is 17.4. The molecule has 4 rings (SSSR count). The van der Waals surface area contributed by atoms with Gasteiger partial charge < -0.3 is 5.32 Å². The molecular weight excluding hydrogens is 362 g/mol. The average molecular weight is 379 g/mol. The number of fused-ring (bicyclic) bond motifs is 1. The Bertz CT molecular complexity index is 1140. The highest BCUT2D eigenvalue weighted by Crippen LogP contribution is 2.23. The number of hydrogen-bond donors (Lipinski definition) is 1. The largest absolute Gasteiger partial charge is 0.369 e. The molecule has 1 unspecified atom stereocenters. The molecule has 0 aliphatic rings. The van der Waals surface area contributed by atoms with E-state index in [2.05, 4.69) is 15.7 Å². The van der Waals surface area contributed by atoms with Crippen LogP contribution >= 0.6 is 11.3 Å². The van der Waals surface area contributed by atoms with Gasteiger partial charge >= 0.3 is 5.69 Å². The maximum absolute atomic E-state index is 12.4. The van der Waals surface area contributed by atoms with Crippen molar-refractivity contribution >= 4 is 28.0 Å². The molecule has 2 heterocycles. The van der Waals surface area contributed by atoms with Crippen LogP contribution in [-0.2, 0) is 11.3 Å². The topological polar surface area (TPSA) is 81.8 Å². The van der Waals surface area contributed by atoms with Crippen molar-refractivity contribution in [1.82, 2.24) is 25.1 Å². The lowest BCUT2D eigenvalue weighted by Gasteiger charge is -2.16. The molecule has 0 spiro atoms. The first-order chi connectivity index (χ1) is 13.1. The average Bonchev–Trinajstić information content (AvgIpc) is 3.31. The Morgan fingerprint density at radius 2 is 1.93 bits per heavy atom. The Balaban J connectivity index is 1.50. The molecule has 0 aliphatic carbocycles. The number of nitrogens with zero attached hydrogens (tertiary/aromatic N) is 4. The molecule has 2 aromatic carbocycles. The summed E-state index contributed by atoms with van der Waals surface area (Å²) in [5.41, 5.74) is 0.585. The first kappa shape index (κ1) is 17.2. The van der Waals surface area contributed by atoms with E-state index in [0.717, 1.165) is 21.0 Å². The molecule has 0 aliphatic heterocycles. The van der Waals surface area contributed by atoms with E-state index in [-0.39, 0.29) is 18.5 Å². The molecule has 1 atom stereocenters. The lowest BCUT2D eigenvalue weighted by atomic mass is 10.00. The summed E-state index contributed by atoms with van der Waals surface area (Å²) in [5, 5.41) is 15.3. The van der Waals surface area contributed by atoms with Crippen LogP contribution in [0.5, 0.6) is 0 Å². The molecule has 7 nitrogen and oxygen atoms in total. The summed E-state index contributed by atoms with van der Waals surface area (Å²) in [5.74, 6) is -0.296. The van der Waals surface area contributed by atoms with Gasteiger partial charge in [-0.25, -0.2) is 4.79 Å². The van der Waals surface area contributed by atoms with Crippen LogP contribution in [-0.4, -0.2) is 25.7 Å². The highest BCUT2D eigenvalue weighted by atomic mass is 32.1. The van der Waals surface area contributed by atoms with Gasteiger partial charge in [-0.05, 0) is 51.2 Å². The Hall–Kier alpha value is -3.26. The van der Waals surface area contributed by atoms with Crippen molar-refractivity contribution in [3.63, 3.8) is 0 Å². The minimum atomic E-state index is -0.439. The Morgan fingerprint density at radius 1 is 1.11 bits per heavy atom. The van der Waals surface area contributed by atoms with E-state index < -0.39 is 5.69 Å². The fourth-order valence-corrected chi connectivity index (χ4v) is 3.70. The molecule has 27 heavy (non-hydrogen) atoms. The number of carbonyl (C=O) groups excluding carboxylic acids is 1. The van der Waals surface area contributed by atoms with Gasteiger partial charge in [0, 0.05) is 0 Å². The van der Waals surface area contributed by atoms with Crippen molar-refractivity contribution in [3.05, 3.63) is 76.0 Å². The molecule has 0 saturated carbocycles. The third-order valence-corrected chi connectivity index (χ3v) is 5.16. The number of rotatable bonds is 5. The van der Waals surface area contributed by atoms with Crippen LogP contribution in [0, 0.1) is 0 Å². The monoisotopic (exact) mass is 379 g/mol. The summed E-state index contributed by atoms with van der Waals surface area (Å²) in [4.78, 5) is 24.8. The van der Waals surface area contributed by atoms with E-state index >= 15 is 0 Å². The van der Waals surface area contributed by atoms with E-state index in [4.69, 9.17) is 0 Å². The van der Waals surface area contributed by atoms with Crippen LogP contribution in [0.3, 0.4) is 0 Å². The third-order valence-electron chi connectivity index (χ3n) is 4.32. The predicted octanol–water partition coefficient (Wildman–Crippen LogP) is 2.52. The first-order valence-electron chi connectivity index (χ1n) is 8.47. The van der Waals surface area contributed by atoms with Crippen molar-refractivity contribution in [1.29, 1.82) is 0 Å². The Kier molecular flexibility index (Phi) is 4.55. The standard InChI is InChI=1S/C19H17N5O2S/c1-13(15-9-4-7-14-6-2-3-8-16(14)15)20-17(25)12-23-19(26)24(22-21-23)18-10-5-11-27-18/h2-11,13H,12H2,1H3,(H,20,25). The van der Waals surface area contributed by atoms with Crippen LogP contribution in [0.4, 0.5) is 0 Å². The molecule has 1 N–H and O–H groups in total. The normalized spacial score (nSPS) is 12.2. The van der Waals surface area contributed by atoms with Crippen molar-refractivity contribution in [3.8, 4) is 5.00 Å². The number of thiophene rings is 1. The molecule has 1 amide bonds. The highest BCUT2D eigenvalue weighted by molar-refractivity contribution is 7.12. The highest BCUT2D eigenvalue weighted by Gasteiger charge is 2.16. The van der Waals surface area contributed by atoms with Gasteiger partial charge in [0.25, 0.3) is 0 Å². The van der Waals surface area contributed by atoms with E-state index in [0.29, 0.717) is 5.00 Å². The predicted molar refractivity (Wildman–Crippen MR) is 104 cm³/mol. The number of hydrogen-bond acceptors (Lipinski definition) is 5. The van der Waals surface area contributed by atoms with Crippen LogP contribution < -0.4 is 11.0 Å². The minimum Gasteiger partial charge on any atom is -0.348 e. The van der Waals surface area contributed by atoms with Gasteiger partial charge in [-0.15, -0.1) is 11.3 Å². The van der Waals surface area contributed by atoms with Crippen molar-refractivity contribution in [2.75, 3.05) is 0 Å². The van der Waals surface area contributed by atoms with E-state index in [1.165, 1.54) is 16.0 Å². The fraction of sp³-hybridized carbons (Fsp3) is 0.158. The van der Waals surface area contributed by atoms with Crippen molar-refractivity contribution in [2.45, 2.75) is 19.5 Å². The fourth-order valence-electron chi connectivity index (χ4n) is 3.03. The maximum Gasteiger partial charge on any atom is 0.369 e. The molecule has 136 valence electrons. The lowest BCUT2D eigenvalue weighted by Crippen LogP contribution is -2.34. The van der Waals surface area contributed by atoms with Gasteiger partial charge in [0.1, 0.15) is 11.5 Å². The molecule has 2 aromatic heterocycles. The SMILES string of the molecule is CC(NC(=O)Cn1nnn(-c2cccs2)c1=O)c1cccc2ccccc12. The van der Waals surface area contributed by atoms with Gasteiger partial charge in [0.15, 0.2) is 0 Å². The quantitative estimate of drug-likeness (QED) is 0.578. The number of tetrazole rings is 1. The Labute approximate surface area is 158 Å². The number of nitrogens with one attached hydrogen (secondary N) is 1.